The number of amides is 1. The van der Waals surface area contributed by atoms with E-state index in [1.807, 2.05) is 83.4 Å². The van der Waals surface area contributed by atoms with Gasteiger partial charge in [-0.2, -0.15) is 0 Å². The second-order valence-electron chi connectivity index (χ2n) is 8.86. The van der Waals surface area contributed by atoms with Crippen LogP contribution in [0.3, 0.4) is 0 Å². The Labute approximate surface area is 232 Å². The molecule has 6 aromatic rings. The van der Waals surface area contributed by atoms with Crippen LogP contribution in [0.15, 0.2) is 106 Å². The number of para-hydroxylation sites is 1. The van der Waals surface area contributed by atoms with Gasteiger partial charge in [0.05, 0.1) is 10.2 Å². The molecule has 6 rings (SSSR count). The molecule has 0 bridgehead atoms. The summed E-state index contributed by atoms with van der Waals surface area (Å²) in [5.41, 5.74) is 5.28. The topological polar surface area (TPSA) is 71.6 Å². The number of anilines is 1. The molecule has 2 N–H and O–H groups in total. The molecular weight excluding hydrogens is 564 g/mol. The highest BCUT2D eigenvalue weighted by atomic mass is 79.9. The van der Waals surface area contributed by atoms with Crippen molar-refractivity contribution in [3.05, 3.63) is 124 Å². The van der Waals surface area contributed by atoms with Crippen LogP contribution in [0.2, 0.25) is 5.02 Å². The molecule has 3 aromatic heterocycles. The van der Waals surface area contributed by atoms with E-state index in [0.717, 1.165) is 43.7 Å². The van der Waals surface area contributed by atoms with Crippen LogP contribution in [0.25, 0.3) is 27.9 Å². The third-order valence-electron chi connectivity index (χ3n) is 6.32. The highest BCUT2D eigenvalue weighted by Crippen LogP contribution is 2.31. The minimum absolute atomic E-state index is 0.235. The summed E-state index contributed by atoms with van der Waals surface area (Å²) in [4.78, 5) is 17.4. The highest BCUT2D eigenvalue weighted by molar-refractivity contribution is 9.10. The lowest BCUT2D eigenvalue weighted by atomic mass is 10.1. The van der Waals surface area contributed by atoms with Gasteiger partial charge in [0, 0.05) is 41.3 Å². The summed E-state index contributed by atoms with van der Waals surface area (Å²) in [7, 11) is 0. The molecule has 0 saturated heterocycles. The molecule has 0 atom stereocenters. The number of fused-ring (bicyclic) bond motifs is 2. The van der Waals surface area contributed by atoms with Gasteiger partial charge in [-0.05, 0) is 51.3 Å². The molecule has 188 valence electrons. The summed E-state index contributed by atoms with van der Waals surface area (Å²) in [5.74, 6) is 0.974. The number of furan rings is 1. The van der Waals surface area contributed by atoms with Gasteiger partial charge in [-0.15, -0.1) is 0 Å². The quantitative estimate of drug-likeness (QED) is 0.201. The molecule has 0 unspecified atom stereocenters. The van der Waals surface area contributed by atoms with Crippen molar-refractivity contribution in [3.8, 4) is 11.3 Å². The van der Waals surface area contributed by atoms with Crippen LogP contribution in [0, 0.1) is 0 Å². The Morgan fingerprint density at radius 1 is 0.921 bits per heavy atom. The number of aromatic nitrogens is 2. The third-order valence-corrected chi connectivity index (χ3v) is 7.27. The van der Waals surface area contributed by atoms with Gasteiger partial charge in [-0.25, -0.2) is 4.98 Å². The molecular formula is C30H22BrClN4O2. The average Bonchev–Trinajstić information content (AvgIpc) is 3.55. The lowest BCUT2D eigenvalue weighted by Gasteiger charge is -2.13. The van der Waals surface area contributed by atoms with E-state index in [-0.39, 0.29) is 5.91 Å². The van der Waals surface area contributed by atoms with Gasteiger partial charge in [0.25, 0.3) is 5.91 Å². The van der Waals surface area contributed by atoms with E-state index in [0.29, 0.717) is 29.5 Å². The van der Waals surface area contributed by atoms with Crippen molar-refractivity contribution in [1.29, 1.82) is 0 Å². The largest absolute Gasteiger partial charge is 0.451 e. The van der Waals surface area contributed by atoms with Crippen LogP contribution in [-0.2, 0) is 13.1 Å². The van der Waals surface area contributed by atoms with E-state index in [9.17, 15) is 4.79 Å². The Morgan fingerprint density at radius 3 is 2.45 bits per heavy atom. The molecule has 1 amide bonds. The van der Waals surface area contributed by atoms with Crippen molar-refractivity contribution < 1.29 is 9.21 Å². The number of nitrogens with one attached hydrogen (secondary N) is 2. The van der Waals surface area contributed by atoms with Gasteiger partial charge in [0.1, 0.15) is 11.4 Å². The van der Waals surface area contributed by atoms with E-state index >= 15 is 0 Å². The second-order valence-corrected chi connectivity index (χ2v) is 10.1. The number of rotatable bonds is 7. The SMILES string of the molecule is O=C(NCc1ccc(CNc2cc(-c3ccccc3Cl)nc3c(Br)ccn23)cc1)c1cc2ccccc2o1. The fraction of sp³-hybridized carbons (Fsp3) is 0.0667. The van der Waals surface area contributed by atoms with Gasteiger partial charge in [0.15, 0.2) is 11.4 Å². The van der Waals surface area contributed by atoms with E-state index < -0.39 is 0 Å². The van der Waals surface area contributed by atoms with Crippen molar-refractivity contribution in [1.82, 2.24) is 14.7 Å². The lowest BCUT2D eigenvalue weighted by Crippen LogP contribution is -2.22. The van der Waals surface area contributed by atoms with Crippen LogP contribution >= 0.6 is 27.5 Å². The number of carbonyl (C=O) groups is 1. The third kappa shape index (κ3) is 4.90. The minimum atomic E-state index is -0.235. The van der Waals surface area contributed by atoms with Crippen LogP contribution in [0.5, 0.6) is 0 Å². The summed E-state index contributed by atoms with van der Waals surface area (Å²) in [5, 5.41) is 8.02. The first kappa shape index (κ1) is 24.3. The molecule has 0 aliphatic carbocycles. The molecule has 8 heteroatoms. The maximum atomic E-state index is 12.5. The fourth-order valence-electron chi connectivity index (χ4n) is 4.32. The molecule has 3 aromatic carbocycles. The van der Waals surface area contributed by atoms with Crippen molar-refractivity contribution in [2.75, 3.05) is 5.32 Å². The summed E-state index contributed by atoms with van der Waals surface area (Å²) in [6.45, 7) is 1.02. The molecule has 0 aliphatic rings. The summed E-state index contributed by atoms with van der Waals surface area (Å²) in [6, 6.07) is 29.1. The van der Waals surface area contributed by atoms with Gasteiger partial charge in [-0.1, -0.05) is 72.3 Å². The smallest absolute Gasteiger partial charge is 0.287 e. The molecule has 0 saturated carbocycles. The van der Waals surface area contributed by atoms with Crippen LogP contribution < -0.4 is 10.6 Å². The number of carbonyl (C=O) groups excluding carboxylic acids is 1. The monoisotopic (exact) mass is 584 g/mol. The first-order valence-electron chi connectivity index (χ1n) is 12.1. The molecule has 0 radical (unpaired) electrons. The van der Waals surface area contributed by atoms with Gasteiger partial charge in [-0.3, -0.25) is 9.20 Å². The van der Waals surface area contributed by atoms with E-state index in [1.165, 1.54) is 0 Å². The maximum absolute atomic E-state index is 12.5. The highest BCUT2D eigenvalue weighted by Gasteiger charge is 2.13. The van der Waals surface area contributed by atoms with E-state index in [2.05, 4.69) is 38.7 Å². The molecule has 6 nitrogen and oxygen atoms in total. The zero-order valence-corrected chi connectivity index (χ0v) is 22.5. The van der Waals surface area contributed by atoms with Crippen LogP contribution in [0.4, 0.5) is 5.82 Å². The zero-order valence-electron chi connectivity index (χ0n) is 20.1. The predicted octanol–water partition coefficient (Wildman–Crippen LogP) is 7.71. The Hall–Kier alpha value is -4.07. The fourth-order valence-corrected chi connectivity index (χ4v) is 4.95. The summed E-state index contributed by atoms with van der Waals surface area (Å²) < 4.78 is 8.56. The summed E-state index contributed by atoms with van der Waals surface area (Å²) in [6.07, 6.45) is 1.97. The molecule has 0 fully saturated rings. The van der Waals surface area contributed by atoms with Crippen LogP contribution in [0.1, 0.15) is 21.7 Å². The Kier molecular flexibility index (Phi) is 6.62. The standard InChI is InChI=1S/C30H22BrClN4O2/c31-23-13-14-36-28(16-25(35-29(23)36)22-6-2-3-7-24(22)32)33-17-19-9-11-20(12-10-19)18-34-30(37)27-15-21-5-1-4-8-26(21)38-27/h1-16,33H,17-18H2,(H,34,37). The Morgan fingerprint density at radius 2 is 1.66 bits per heavy atom. The number of hydrogen-bond acceptors (Lipinski definition) is 4. The van der Waals surface area contributed by atoms with Crippen molar-refractivity contribution in [3.63, 3.8) is 0 Å². The van der Waals surface area contributed by atoms with Crippen molar-refractivity contribution in [2.24, 2.45) is 0 Å². The number of halogens is 2. The lowest BCUT2D eigenvalue weighted by molar-refractivity contribution is 0.0925. The van der Waals surface area contributed by atoms with Gasteiger partial charge in [0.2, 0.25) is 0 Å². The first-order chi connectivity index (χ1) is 18.5. The second kappa shape index (κ2) is 10.4. The van der Waals surface area contributed by atoms with Gasteiger partial charge >= 0.3 is 0 Å². The van der Waals surface area contributed by atoms with Crippen LogP contribution in [-0.4, -0.2) is 15.3 Å². The molecule has 38 heavy (non-hydrogen) atoms. The van der Waals surface area contributed by atoms with E-state index in [4.69, 9.17) is 21.0 Å². The van der Waals surface area contributed by atoms with Gasteiger partial charge < -0.3 is 15.1 Å². The Bertz CT molecular complexity index is 1740. The number of hydrogen-bond donors (Lipinski definition) is 2. The number of benzene rings is 3. The zero-order chi connectivity index (χ0) is 26.1. The summed E-state index contributed by atoms with van der Waals surface area (Å²) >= 11 is 10.1. The van der Waals surface area contributed by atoms with Crippen molar-refractivity contribution >= 4 is 55.9 Å². The first-order valence-corrected chi connectivity index (χ1v) is 13.2. The molecule has 0 spiro atoms. The molecule has 0 aliphatic heterocycles. The average molecular weight is 586 g/mol. The number of nitrogens with zero attached hydrogens (tertiary/aromatic N) is 2. The van der Waals surface area contributed by atoms with E-state index in [1.54, 1.807) is 6.07 Å². The minimum Gasteiger partial charge on any atom is -0.451 e. The predicted molar refractivity (Wildman–Crippen MR) is 154 cm³/mol. The Balaban J connectivity index is 1.14. The molecule has 3 heterocycles. The normalized spacial score (nSPS) is 11.2. The maximum Gasteiger partial charge on any atom is 0.287 e. The van der Waals surface area contributed by atoms with Crippen molar-refractivity contribution in [2.45, 2.75) is 13.1 Å².